The van der Waals surface area contributed by atoms with Crippen molar-refractivity contribution in [2.24, 2.45) is 0 Å². The lowest BCUT2D eigenvalue weighted by molar-refractivity contribution is -0.126. The summed E-state index contributed by atoms with van der Waals surface area (Å²) in [5.74, 6) is 1.62. The van der Waals surface area contributed by atoms with Gasteiger partial charge in [-0.25, -0.2) is 0 Å². The van der Waals surface area contributed by atoms with E-state index in [0.29, 0.717) is 6.54 Å². The van der Waals surface area contributed by atoms with Crippen LogP contribution in [0.2, 0.25) is 0 Å². The lowest BCUT2D eigenvalue weighted by atomic mass is 10.3. The van der Waals surface area contributed by atoms with Crippen molar-refractivity contribution in [2.75, 3.05) is 18.1 Å². The number of nitrogens with zero attached hydrogens (tertiary/aromatic N) is 2. The van der Waals surface area contributed by atoms with E-state index in [1.165, 1.54) is 6.08 Å². The zero-order chi connectivity index (χ0) is 9.68. The van der Waals surface area contributed by atoms with Crippen molar-refractivity contribution in [1.82, 2.24) is 4.90 Å². The Bertz CT molecular complexity index is 257. The minimum Gasteiger partial charge on any atom is -0.321 e. The molecule has 1 rings (SSSR count). The third-order valence-corrected chi connectivity index (χ3v) is 2.89. The standard InChI is InChI=1S/C9H12N2OS/c1-2-3-9(12)11-4-5-13-7-8(11)6-10/h2-3,8H,4-5,7H2,1H3/b3-2+. The molecule has 1 heterocycles. The van der Waals surface area contributed by atoms with Crippen molar-refractivity contribution < 1.29 is 4.79 Å². The van der Waals surface area contributed by atoms with Gasteiger partial charge in [-0.2, -0.15) is 17.0 Å². The molecule has 0 N–H and O–H groups in total. The number of carbonyl (C=O) groups is 1. The highest BCUT2D eigenvalue weighted by Crippen LogP contribution is 2.16. The molecule has 1 unspecified atom stereocenters. The first-order chi connectivity index (χ1) is 6.29. The van der Waals surface area contributed by atoms with Gasteiger partial charge in [0.05, 0.1) is 6.07 Å². The first-order valence-corrected chi connectivity index (χ1v) is 5.35. The predicted molar refractivity (Wildman–Crippen MR) is 53.3 cm³/mol. The van der Waals surface area contributed by atoms with E-state index >= 15 is 0 Å². The summed E-state index contributed by atoms with van der Waals surface area (Å²) in [5.41, 5.74) is 0. The smallest absolute Gasteiger partial charge is 0.247 e. The number of allylic oxidation sites excluding steroid dienone is 1. The maximum Gasteiger partial charge on any atom is 0.247 e. The first kappa shape index (κ1) is 10.1. The van der Waals surface area contributed by atoms with Gasteiger partial charge >= 0.3 is 0 Å². The van der Waals surface area contributed by atoms with Crippen LogP contribution in [-0.2, 0) is 4.79 Å². The van der Waals surface area contributed by atoms with E-state index in [2.05, 4.69) is 6.07 Å². The van der Waals surface area contributed by atoms with Gasteiger partial charge in [0.15, 0.2) is 0 Å². The number of hydrogen-bond donors (Lipinski definition) is 0. The average molecular weight is 196 g/mol. The number of amides is 1. The Kier molecular flexibility index (Phi) is 3.84. The molecule has 0 aromatic rings. The Hall–Kier alpha value is -0.950. The highest BCUT2D eigenvalue weighted by Gasteiger charge is 2.24. The van der Waals surface area contributed by atoms with Gasteiger partial charge in [-0.15, -0.1) is 0 Å². The molecule has 3 nitrogen and oxygen atoms in total. The topological polar surface area (TPSA) is 44.1 Å². The van der Waals surface area contributed by atoms with Crippen molar-refractivity contribution in [2.45, 2.75) is 13.0 Å². The van der Waals surface area contributed by atoms with Gasteiger partial charge < -0.3 is 4.90 Å². The van der Waals surface area contributed by atoms with Crippen LogP contribution >= 0.6 is 11.8 Å². The second-order valence-corrected chi connectivity index (χ2v) is 3.90. The van der Waals surface area contributed by atoms with Crippen molar-refractivity contribution >= 4 is 17.7 Å². The van der Waals surface area contributed by atoms with E-state index in [1.54, 1.807) is 29.7 Å². The van der Waals surface area contributed by atoms with Gasteiger partial charge in [0, 0.05) is 18.1 Å². The molecule has 70 valence electrons. The quantitative estimate of drug-likeness (QED) is 0.588. The number of rotatable bonds is 1. The number of nitriles is 1. The summed E-state index contributed by atoms with van der Waals surface area (Å²) < 4.78 is 0. The Morgan fingerprint density at radius 1 is 1.77 bits per heavy atom. The summed E-state index contributed by atoms with van der Waals surface area (Å²) in [4.78, 5) is 13.1. The molecule has 4 heteroatoms. The minimum absolute atomic E-state index is 0.0469. The fourth-order valence-corrected chi connectivity index (χ4v) is 2.18. The first-order valence-electron chi connectivity index (χ1n) is 4.20. The van der Waals surface area contributed by atoms with Gasteiger partial charge in [-0.3, -0.25) is 4.79 Å². The van der Waals surface area contributed by atoms with Crippen LogP contribution in [-0.4, -0.2) is 34.9 Å². The molecule has 1 aliphatic rings. The zero-order valence-corrected chi connectivity index (χ0v) is 8.38. The number of carbonyl (C=O) groups excluding carboxylic acids is 1. The second kappa shape index (κ2) is 4.93. The Labute approximate surface area is 82.4 Å². The van der Waals surface area contributed by atoms with E-state index in [0.717, 1.165) is 11.5 Å². The van der Waals surface area contributed by atoms with E-state index in [4.69, 9.17) is 5.26 Å². The maximum atomic E-state index is 11.4. The Morgan fingerprint density at radius 2 is 2.54 bits per heavy atom. The molecular formula is C9H12N2OS. The molecule has 13 heavy (non-hydrogen) atoms. The van der Waals surface area contributed by atoms with Crippen molar-refractivity contribution in [1.29, 1.82) is 5.26 Å². The summed E-state index contributed by atoms with van der Waals surface area (Å²) in [6.07, 6.45) is 3.22. The molecule has 0 aliphatic carbocycles. The molecule has 0 bridgehead atoms. The van der Waals surface area contributed by atoms with Crippen LogP contribution in [0.15, 0.2) is 12.2 Å². The highest BCUT2D eigenvalue weighted by atomic mass is 32.2. The number of hydrogen-bond acceptors (Lipinski definition) is 3. The van der Waals surface area contributed by atoms with Gasteiger partial charge in [0.2, 0.25) is 5.91 Å². The van der Waals surface area contributed by atoms with Gasteiger partial charge in [-0.05, 0) is 13.0 Å². The third-order valence-electron chi connectivity index (χ3n) is 1.87. The third kappa shape index (κ3) is 2.49. The Balaban J connectivity index is 2.65. The molecule has 0 aromatic heterocycles. The van der Waals surface area contributed by atoms with Crippen LogP contribution in [0.3, 0.4) is 0 Å². The molecule has 1 saturated heterocycles. The summed E-state index contributed by atoms with van der Waals surface area (Å²) in [6.45, 7) is 2.49. The summed E-state index contributed by atoms with van der Waals surface area (Å²) in [6, 6.07) is 1.90. The molecule has 1 amide bonds. The summed E-state index contributed by atoms with van der Waals surface area (Å²) >= 11 is 1.73. The molecule has 1 atom stereocenters. The van der Waals surface area contributed by atoms with Crippen LogP contribution in [0.1, 0.15) is 6.92 Å². The zero-order valence-electron chi connectivity index (χ0n) is 7.56. The summed E-state index contributed by atoms with van der Waals surface area (Å²) in [7, 11) is 0. The SMILES string of the molecule is C/C=C/C(=O)N1CCSCC1C#N. The van der Waals surface area contributed by atoms with Crippen molar-refractivity contribution in [3.63, 3.8) is 0 Å². The highest BCUT2D eigenvalue weighted by molar-refractivity contribution is 7.99. The van der Waals surface area contributed by atoms with Crippen LogP contribution in [0, 0.1) is 11.3 Å². The van der Waals surface area contributed by atoms with E-state index in [9.17, 15) is 4.79 Å². The lowest BCUT2D eigenvalue weighted by Gasteiger charge is -2.29. The minimum atomic E-state index is -0.248. The largest absolute Gasteiger partial charge is 0.321 e. The molecule has 0 radical (unpaired) electrons. The van der Waals surface area contributed by atoms with Crippen LogP contribution in [0.4, 0.5) is 0 Å². The molecule has 0 saturated carbocycles. The predicted octanol–water partition coefficient (Wildman–Crippen LogP) is 1.03. The molecule has 1 fully saturated rings. The Morgan fingerprint density at radius 3 is 3.15 bits per heavy atom. The van der Waals surface area contributed by atoms with Crippen LogP contribution in [0.5, 0.6) is 0 Å². The molecule has 1 aliphatic heterocycles. The summed E-state index contributed by atoms with van der Waals surface area (Å²) in [5, 5.41) is 8.80. The van der Waals surface area contributed by atoms with Gasteiger partial charge in [0.1, 0.15) is 6.04 Å². The fraction of sp³-hybridized carbons (Fsp3) is 0.556. The molecular weight excluding hydrogens is 184 g/mol. The van der Waals surface area contributed by atoms with Gasteiger partial charge in [0.25, 0.3) is 0 Å². The molecule has 0 aromatic carbocycles. The van der Waals surface area contributed by atoms with E-state index in [1.807, 2.05) is 0 Å². The fourth-order valence-electron chi connectivity index (χ4n) is 1.21. The van der Waals surface area contributed by atoms with Crippen molar-refractivity contribution in [3.8, 4) is 6.07 Å². The van der Waals surface area contributed by atoms with Crippen LogP contribution < -0.4 is 0 Å². The van der Waals surface area contributed by atoms with E-state index in [-0.39, 0.29) is 11.9 Å². The van der Waals surface area contributed by atoms with Crippen LogP contribution in [0.25, 0.3) is 0 Å². The van der Waals surface area contributed by atoms with Gasteiger partial charge in [-0.1, -0.05) is 6.08 Å². The lowest BCUT2D eigenvalue weighted by Crippen LogP contribution is -2.44. The normalized spacial score (nSPS) is 23.1. The maximum absolute atomic E-state index is 11.4. The number of thioether (sulfide) groups is 1. The monoisotopic (exact) mass is 196 g/mol. The van der Waals surface area contributed by atoms with Crippen molar-refractivity contribution in [3.05, 3.63) is 12.2 Å². The second-order valence-electron chi connectivity index (χ2n) is 2.75. The average Bonchev–Trinajstić information content (AvgIpc) is 2.18. The molecule has 0 spiro atoms. The van der Waals surface area contributed by atoms with E-state index < -0.39 is 0 Å².